The van der Waals surface area contributed by atoms with Crippen molar-refractivity contribution in [1.82, 2.24) is 4.98 Å². The standard InChI is InChI=1S/C24H19NO4S/c1-14-5-7-15(8-6-14)23-25-20(13-30-23)24(27)28-12-18-11-22(26)29-21-10-17-4-2-3-16(17)9-19(18)21/h5-11,13H,2-4,12H2,1H3. The summed E-state index contributed by atoms with van der Waals surface area (Å²) in [5.74, 6) is -0.507. The second-order valence-corrected chi connectivity index (χ2v) is 8.40. The van der Waals surface area contributed by atoms with Crippen molar-refractivity contribution in [2.24, 2.45) is 0 Å². The Morgan fingerprint density at radius 2 is 1.90 bits per heavy atom. The number of aryl methyl sites for hydroxylation is 3. The number of esters is 1. The number of aromatic nitrogens is 1. The van der Waals surface area contributed by atoms with Crippen LogP contribution in [0.25, 0.3) is 21.5 Å². The minimum Gasteiger partial charge on any atom is -0.456 e. The molecular formula is C24H19NO4S. The summed E-state index contributed by atoms with van der Waals surface area (Å²) in [5, 5.41) is 3.28. The van der Waals surface area contributed by atoms with E-state index in [0.29, 0.717) is 11.1 Å². The van der Waals surface area contributed by atoms with Gasteiger partial charge in [0.05, 0.1) is 0 Å². The van der Waals surface area contributed by atoms with Crippen molar-refractivity contribution >= 4 is 28.3 Å². The van der Waals surface area contributed by atoms with E-state index in [-0.39, 0.29) is 12.3 Å². The van der Waals surface area contributed by atoms with Crippen molar-refractivity contribution in [3.8, 4) is 10.6 Å². The molecule has 2 aromatic carbocycles. The van der Waals surface area contributed by atoms with Crippen LogP contribution < -0.4 is 5.63 Å². The van der Waals surface area contributed by atoms with Crippen molar-refractivity contribution in [3.05, 3.63) is 86.2 Å². The van der Waals surface area contributed by atoms with E-state index in [2.05, 4.69) is 11.1 Å². The van der Waals surface area contributed by atoms with Crippen molar-refractivity contribution in [2.75, 3.05) is 0 Å². The fraction of sp³-hybridized carbons (Fsp3) is 0.208. The van der Waals surface area contributed by atoms with E-state index < -0.39 is 11.6 Å². The summed E-state index contributed by atoms with van der Waals surface area (Å²) in [5.41, 5.74) is 5.65. The summed E-state index contributed by atoms with van der Waals surface area (Å²) in [7, 11) is 0. The van der Waals surface area contributed by atoms with Gasteiger partial charge in [-0.15, -0.1) is 11.3 Å². The average molecular weight is 417 g/mol. The number of nitrogens with zero attached hydrogens (tertiary/aromatic N) is 1. The van der Waals surface area contributed by atoms with Gasteiger partial charge in [-0.1, -0.05) is 29.8 Å². The maximum atomic E-state index is 12.5. The van der Waals surface area contributed by atoms with Crippen molar-refractivity contribution in [1.29, 1.82) is 0 Å². The van der Waals surface area contributed by atoms with E-state index in [1.54, 1.807) is 5.38 Å². The van der Waals surface area contributed by atoms with Crippen molar-refractivity contribution < 1.29 is 13.9 Å². The van der Waals surface area contributed by atoms with Crippen LogP contribution in [0.5, 0.6) is 0 Å². The monoisotopic (exact) mass is 417 g/mol. The van der Waals surface area contributed by atoms with Gasteiger partial charge in [-0.3, -0.25) is 0 Å². The minimum atomic E-state index is -0.507. The third-order valence-corrected chi connectivity index (χ3v) is 6.30. The van der Waals surface area contributed by atoms with E-state index in [1.807, 2.05) is 37.3 Å². The third-order valence-electron chi connectivity index (χ3n) is 5.41. The van der Waals surface area contributed by atoms with Crippen LogP contribution in [0, 0.1) is 6.92 Å². The van der Waals surface area contributed by atoms with E-state index in [0.717, 1.165) is 35.2 Å². The van der Waals surface area contributed by atoms with Crippen LogP contribution in [0.4, 0.5) is 0 Å². The van der Waals surface area contributed by atoms with Crippen LogP contribution >= 0.6 is 11.3 Å². The van der Waals surface area contributed by atoms with Gasteiger partial charge in [-0.05, 0) is 49.4 Å². The Bertz CT molecular complexity index is 1320. The van der Waals surface area contributed by atoms with Gasteiger partial charge >= 0.3 is 11.6 Å². The summed E-state index contributed by atoms with van der Waals surface area (Å²) in [4.78, 5) is 28.9. The number of carbonyl (C=O) groups is 1. The Labute approximate surface area is 177 Å². The molecule has 0 spiro atoms. The highest BCUT2D eigenvalue weighted by Crippen LogP contribution is 2.29. The van der Waals surface area contributed by atoms with E-state index in [4.69, 9.17) is 9.15 Å². The van der Waals surface area contributed by atoms with Crippen LogP contribution in [0.15, 0.2) is 57.1 Å². The van der Waals surface area contributed by atoms with Crippen LogP contribution in [0.1, 0.15) is 39.2 Å². The lowest BCUT2D eigenvalue weighted by Crippen LogP contribution is -2.08. The molecule has 0 amide bonds. The zero-order valence-corrected chi connectivity index (χ0v) is 17.3. The van der Waals surface area contributed by atoms with Gasteiger partial charge in [0, 0.05) is 28.0 Å². The summed E-state index contributed by atoms with van der Waals surface area (Å²) < 4.78 is 10.9. The van der Waals surface area contributed by atoms with Crippen molar-refractivity contribution in [2.45, 2.75) is 32.8 Å². The number of rotatable bonds is 4. The Morgan fingerprint density at radius 1 is 1.13 bits per heavy atom. The summed E-state index contributed by atoms with van der Waals surface area (Å²) in [6.45, 7) is 2.02. The van der Waals surface area contributed by atoms with E-state index in [9.17, 15) is 9.59 Å². The van der Waals surface area contributed by atoms with Crippen LogP contribution in [-0.2, 0) is 24.2 Å². The molecule has 0 fully saturated rings. The number of carbonyl (C=O) groups excluding carboxylic acids is 1. The third kappa shape index (κ3) is 3.55. The van der Waals surface area contributed by atoms with Crippen molar-refractivity contribution in [3.63, 3.8) is 0 Å². The molecule has 150 valence electrons. The topological polar surface area (TPSA) is 69.4 Å². The fourth-order valence-corrected chi connectivity index (χ4v) is 4.62. The number of hydrogen-bond donors (Lipinski definition) is 0. The first-order valence-corrected chi connectivity index (χ1v) is 10.7. The number of thiazole rings is 1. The minimum absolute atomic E-state index is 0.00287. The first-order chi connectivity index (χ1) is 14.6. The first-order valence-electron chi connectivity index (χ1n) is 9.85. The lowest BCUT2D eigenvalue weighted by atomic mass is 10.0. The molecule has 0 unspecified atom stereocenters. The molecule has 5 rings (SSSR count). The summed E-state index contributed by atoms with van der Waals surface area (Å²) >= 11 is 1.40. The Kier molecular flexibility index (Phi) is 4.71. The smallest absolute Gasteiger partial charge is 0.358 e. The summed E-state index contributed by atoms with van der Waals surface area (Å²) in [6.07, 6.45) is 3.12. The molecule has 5 nitrogen and oxygen atoms in total. The molecule has 0 N–H and O–H groups in total. The predicted octanol–water partition coefficient (Wildman–Crippen LogP) is 5.07. The number of ether oxygens (including phenoxy) is 1. The zero-order valence-electron chi connectivity index (χ0n) is 16.4. The molecule has 1 aliphatic carbocycles. The van der Waals surface area contributed by atoms with Gasteiger partial charge < -0.3 is 9.15 Å². The number of hydrogen-bond acceptors (Lipinski definition) is 6. The van der Waals surface area contributed by atoms with Gasteiger partial charge in [-0.25, -0.2) is 14.6 Å². The highest BCUT2D eigenvalue weighted by Gasteiger charge is 2.17. The van der Waals surface area contributed by atoms with Crippen LogP contribution in [0.3, 0.4) is 0 Å². The van der Waals surface area contributed by atoms with E-state index in [1.165, 1.54) is 34.1 Å². The molecule has 0 aliphatic heterocycles. The molecule has 0 saturated carbocycles. The second-order valence-electron chi connectivity index (χ2n) is 7.54. The maximum absolute atomic E-state index is 12.5. The van der Waals surface area contributed by atoms with E-state index >= 15 is 0 Å². The molecule has 30 heavy (non-hydrogen) atoms. The largest absolute Gasteiger partial charge is 0.456 e. The zero-order chi connectivity index (χ0) is 20.7. The molecule has 0 atom stereocenters. The lowest BCUT2D eigenvalue weighted by molar-refractivity contribution is 0.0468. The van der Waals surface area contributed by atoms with Gasteiger partial charge in [0.25, 0.3) is 0 Å². The molecule has 0 radical (unpaired) electrons. The molecular weight excluding hydrogens is 398 g/mol. The lowest BCUT2D eigenvalue weighted by Gasteiger charge is -2.08. The Hall–Kier alpha value is -3.25. The molecule has 2 heterocycles. The highest BCUT2D eigenvalue weighted by atomic mass is 32.1. The van der Waals surface area contributed by atoms with Gasteiger partial charge in [-0.2, -0.15) is 0 Å². The highest BCUT2D eigenvalue weighted by molar-refractivity contribution is 7.13. The van der Waals surface area contributed by atoms with Gasteiger partial charge in [0.15, 0.2) is 5.69 Å². The molecule has 6 heteroatoms. The fourth-order valence-electron chi connectivity index (χ4n) is 3.83. The Balaban J connectivity index is 1.37. The molecule has 4 aromatic rings. The average Bonchev–Trinajstić information content (AvgIpc) is 3.40. The van der Waals surface area contributed by atoms with Crippen LogP contribution in [0.2, 0.25) is 0 Å². The normalized spacial score (nSPS) is 12.8. The maximum Gasteiger partial charge on any atom is 0.358 e. The van der Waals surface area contributed by atoms with Crippen LogP contribution in [-0.4, -0.2) is 11.0 Å². The van der Waals surface area contributed by atoms with Gasteiger partial charge in [0.1, 0.15) is 17.2 Å². The molecule has 1 aliphatic rings. The molecule has 0 saturated heterocycles. The SMILES string of the molecule is Cc1ccc(-c2nc(C(=O)OCc3cc(=O)oc4cc5c(cc34)CCC5)cs2)cc1. The molecule has 2 aromatic heterocycles. The summed E-state index contributed by atoms with van der Waals surface area (Å²) in [6, 6.07) is 13.4. The first kappa shape index (κ1) is 18.8. The van der Waals surface area contributed by atoms with Gasteiger partial charge in [0.2, 0.25) is 0 Å². The predicted molar refractivity (Wildman–Crippen MR) is 116 cm³/mol. The quantitative estimate of drug-likeness (QED) is 0.342. The number of fused-ring (bicyclic) bond motifs is 2. The number of benzene rings is 2. The molecule has 0 bridgehead atoms. The Morgan fingerprint density at radius 3 is 2.70 bits per heavy atom. The second kappa shape index (κ2) is 7.54.